The molecule has 0 saturated carbocycles. The summed E-state index contributed by atoms with van der Waals surface area (Å²) in [4.78, 5) is 38.0. The normalized spacial score (nSPS) is 12.0. The van der Waals surface area contributed by atoms with Gasteiger partial charge in [0, 0.05) is 19.3 Å². The van der Waals surface area contributed by atoms with Gasteiger partial charge in [0.1, 0.15) is 13.2 Å². The highest BCUT2D eigenvalue weighted by Gasteiger charge is 2.19. The average Bonchev–Trinajstić information content (AvgIpc) is 3.38. The minimum atomic E-state index is -0.766. The SMILES string of the molecule is CCCCCCCCC/C=C\CCCCCCCCCC(=O)OC(COC(=O)CCCCCCCC)COC(=O)CCCCCCCCCCCCCCCCCCCCCCCCCCCCCCCC. The second kappa shape index (κ2) is 61.7. The smallest absolute Gasteiger partial charge is 0.306 e. The fourth-order valence-electron chi connectivity index (χ4n) is 10.1. The monoisotopic (exact) mass is 1010 g/mol. The molecule has 426 valence electrons. The van der Waals surface area contributed by atoms with Crippen LogP contribution in [0.5, 0.6) is 0 Å². The maximum absolute atomic E-state index is 12.8. The molecule has 0 radical (unpaired) electrons. The zero-order chi connectivity index (χ0) is 52.2. The van der Waals surface area contributed by atoms with E-state index in [4.69, 9.17) is 14.2 Å². The molecule has 0 rings (SSSR count). The van der Waals surface area contributed by atoms with Crippen LogP contribution in [0.3, 0.4) is 0 Å². The minimum absolute atomic E-state index is 0.0667. The number of hydrogen-bond donors (Lipinski definition) is 0. The summed E-state index contributed by atoms with van der Waals surface area (Å²) in [5.41, 5.74) is 0. The summed E-state index contributed by atoms with van der Waals surface area (Å²) < 4.78 is 16.8. The summed E-state index contributed by atoms with van der Waals surface area (Å²) in [6.07, 6.45) is 72.8. The number of hydrogen-bond acceptors (Lipinski definition) is 6. The summed E-state index contributed by atoms with van der Waals surface area (Å²) in [6, 6.07) is 0. The van der Waals surface area contributed by atoms with Crippen LogP contribution < -0.4 is 0 Å². The number of ether oxygens (including phenoxy) is 3. The van der Waals surface area contributed by atoms with E-state index in [0.29, 0.717) is 19.3 Å². The van der Waals surface area contributed by atoms with Crippen LogP contribution in [0.15, 0.2) is 12.2 Å². The summed E-state index contributed by atoms with van der Waals surface area (Å²) >= 11 is 0. The van der Waals surface area contributed by atoms with Gasteiger partial charge in [-0.2, -0.15) is 0 Å². The Kier molecular flexibility index (Phi) is 60.1. The van der Waals surface area contributed by atoms with Crippen molar-refractivity contribution in [1.29, 1.82) is 0 Å². The first-order chi connectivity index (χ1) is 35.5. The number of unbranched alkanes of at least 4 members (excludes halogenated alkanes) is 48. The Morgan fingerprint density at radius 2 is 0.458 bits per heavy atom. The first-order valence-corrected chi connectivity index (χ1v) is 32.7. The molecule has 0 bridgehead atoms. The van der Waals surface area contributed by atoms with E-state index < -0.39 is 6.10 Å². The lowest BCUT2D eigenvalue weighted by atomic mass is 10.0. The van der Waals surface area contributed by atoms with E-state index in [2.05, 4.69) is 32.9 Å². The zero-order valence-electron chi connectivity index (χ0n) is 49.0. The van der Waals surface area contributed by atoms with Crippen molar-refractivity contribution in [2.45, 2.75) is 380 Å². The molecule has 6 heteroatoms. The van der Waals surface area contributed by atoms with Crippen molar-refractivity contribution in [3.63, 3.8) is 0 Å². The van der Waals surface area contributed by atoms with Crippen molar-refractivity contribution in [2.75, 3.05) is 13.2 Å². The van der Waals surface area contributed by atoms with Crippen LogP contribution in [0.1, 0.15) is 374 Å². The van der Waals surface area contributed by atoms with Crippen LogP contribution in [-0.2, 0) is 28.6 Å². The fraction of sp³-hybridized carbons (Fsp3) is 0.924. The summed E-state index contributed by atoms with van der Waals surface area (Å²) in [7, 11) is 0. The van der Waals surface area contributed by atoms with Crippen molar-refractivity contribution in [3.05, 3.63) is 12.2 Å². The molecule has 1 atom stereocenters. The molecule has 0 N–H and O–H groups in total. The van der Waals surface area contributed by atoms with Crippen LogP contribution in [0.25, 0.3) is 0 Å². The van der Waals surface area contributed by atoms with Gasteiger partial charge < -0.3 is 14.2 Å². The van der Waals surface area contributed by atoms with Crippen molar-refractivity contribution in [2.24, 2.45) is 0 Å². The predicted molar refractivity (Wildman–Crippen MR) is 312 cm³/mol. The maximum Gasteiger partial charge on any atom is 0.306 e. The van der Waals surface area contributed by atoms with E-state index in [1.807, 2.05) is 0 Å². The van der Waals surface area contributed by atoms with E-state index in [0.717, 1.165) is 57.8 Å². The summed E-state index contributed by atoms with van der Waals surface area (Å²) in [5, 5.41) is 0. The number of carbonyl (C=O) groups is 3. The molecule has 0 aliphatic rings. The third-order valence-electron chi connectivity index (χ3n) is 15.0. The van der Waals surface area contributed by atoms with Crippen molar-refractivity contribution in [3.8, 4) is 0 Å². The number of esters is 3. The molecule has 0 aromatic rings. The highest BCUT2D eigenvalue weighted by atomic mass is 16.6. The van der Waals surface area contributed by atoms with Gasteiger partial charge in [0.25, 0.3) is 0 Å². The number of rotatable bonds is 61. The lowest BCUT2D eigenvalue weighted by Gasteiger charge is -2.18. The molecule has 0 heterocycles. The Bertz CT molecular complexity index is 1120. The predicted octanol–water partition coefficient (Wildman–Crippen LogP) is 22.1. The van der Waals surface area contributed by atoms with Gasteiger partial charge in [-0.1, -0.05) is 322 Å². The number of allylic oxidation sites excluding steroid dienone is 2. The van der Waals surface area contributed by atoms with Gasteiger partial charge in [-0.3, -0.25) is 14.4 Å². The average molecular weight is 1020 g/mol. The van der Waals surface area contributed by atoms with Crippen LogP contribution >= 0.6 is 0 Å². The van der Waals surface area contributed by atoms with Crippen LogP contribution in [0.2, 0.25) is 0 Å². The summed E-state index contributed by atoms with van der Waals surface area (Å²) in [6.45, 7) is 6.64. The van der Waals surface area contributed by atoms with E-state index >= 15 is 0 Å². The van der Waals surface area contributed by atoms with E-state index in [-0.39, 0.29) is 31.1 Å². The van der Waals surface area contributed by atoms with Gasteiger partial charge in [-0.15, -0.1) is 0 Å². The first-order valence-electron chi connectivity index (χ1n) is 32.7. The molecule has 0 aliphatic heterocycles. The van der Waals surface area contributed by atoms with Gasteiger partial charge in [0.05, 0.1) is 0 Å². The van der Waals surface area contributed by atoms with E-state index in [1.54, 1.807) is 0 Å². The molecule has 0 aromatic heterocycles. The molecular formula is C66H126O6. The van der Waals surface area contributed by atoms with Crippen LogP contribution in [-0.4, -0.2) is 37.2 Å². The molecule has 0 aromatic carbocycles. The quantitative estimate of drug-likeness (QED) is 0.0261. The highest BCUT2D eigenvalue weighted by Crippen LogP contribution is 2.18. The molecule has 1 unspecified atom stereocenters. The Hall–Kier alpha value is -1.85. The van der Waals surface area contributed by atoms with Crippen molar-refractivity contribution >= 4 is 17.9 Å². The largest absolute Gasteiger partial charge is 0.462 e. The molecule has 0 saturated heterocycles. The fourth-order valence-corrected chi connectivity index (χ4v) is 10.1. The molecular weight excluding hydrogens is 889 g/mol. The van der Waals surface area contributed by atoms with Gasteiger partial charge in [0.15, 0.2) is 6.10 Å². The standard InChI is InChI=1S/C66H126O6/c1-4-7-10-13-16-18-20-22-24-26-28-29-30-31-32-33-34-35-36-37-38-39-41-42-44-46-48-50-53-56-59-65(68)71-62-63(61-70-64(67)58-55-52-15-12-9-6-3)72-66(69)60-57-54-51-49-47-45-43-40-27-25-23-21-19-17-14-11-8-5-2/h25,27,63H,4-24,26,28-62H2,1-3H3/b27-25-. The third-order valence-corrected chi connectivity index (χ3v) is 15.0. The Morgan fingerprint density at radius 1 is 0.264 bits per heavy atom. The van der Waals surface area contributed by atoms with E-state index in [9.17, 15) is 14.4 Å². The van der Waals surface area contributed by atoms with Crippen LogP contribution in [0.4, 0.5) is 0 Å². The zero-order valence-corrected chi connectivity index (χ0v) is 49.0. The molecule has 72 heavy (non-hydrogen) atoms. The van der Waals surface area contributed by atoms with Gasteiger partial charge in [0.2, 0.25) is 0 Å². The Balaban J connectivity index is 3.95. The summed E-state index contributed by atoms with van der Waals surface area (Å²) in [5.74, 6) is -0.856. The molecule has 0 amide bonds. The van der Waals surface area contributed by atoms with Crippen LogP contribution in [0, 0.1) is 0 Å². The topological polar surface area (TPSA) is 78.9 Å². The number of carbonyl (C=O) groups excluding carboxylic acids is 3. The third kappa shape index (κ3) is 59.0. The molecule has 0 spiro atoms. The van der Waals surface area contributed by atoms with E-state index in [1.165, 1.54) is 276 Å². The van der Waals surface area contributed by atoms with Crippen molar-refractivity contribution < 1.29 is 28.6 Å². The molecule has 0 fully saturated rings. The molecule has 6 nitrogen and oxygen atoms in total. The second-order valence-electron chi connectivity index (χ2n) is 22.4. The highest BCUT2D eigenvalue weighted by molar-refractivity contribution is 5.71. The second-order valence-corrected chi connectivity index (χ2v) is 22.4. The molecule has 0 aliphatic carbocycles. The lowest BCUT2D eigenvalue weighted by molar-refractivity contribution is -0.167. The minimum Gasteiger partial charge on any atom is -0.462 e. The maximum atomic E-state index is 12.8. The van der Waals surface area contributed by atoms with Gasteiger partial charge in [-0.25, -0.2) is 0 Å². The Morgan fingerprint density at radius 3 is 0.694 bits per heavy atom. The first kappa shape index (κ1) is 70.1. The van der Waals surface area contributed by atoms with Gasteiger partial charge in [-0.05, 0) is 44.9 Å². The van der Waals surface area contributed by atoms with Crippen molar-refractivity contribution in [1.82, 2.24) is 0 Å². The lowest BCUT2D eigenvalue weighted by Crippen LogP contribution is -2.30. The Labute approximate surface area is 450 Å². The van der Waals surface area contributed by atoms with Gasteiger partial charge >= 0.3 is 17.9 Å².